The first-order chi connectivity index (χ1) is 10.7. The number of ether oxygens (including phenoxy) is 1. The molecule has 0 aliphatic carbocycles. The molecule has 0 aliphatic rings. The molecule has 0 amide bonds. The van der Waals surface area contributed by atoms with E-state index in [0.717, 1.165) is 17.7 Å². The highest BCUT2D eigenvalue weighted by Crippen LogP contribution is 2.23. The molecule has 2 aromatic carbocycles. The minimum absolute atomic E-state index is 0.274. The summed E-state index contributed by atoms with van der Waals surface area (Å²) >= 11 is 0. The minimum atomic E-state index is -0.825. The Morgan fingerprint density at radius 3 is 2.36 bits per heavy atom. The van der Waals surface area contributed by atoms with Crippen LogP contribution in [0.5, 0.6) is 5.75 Å². The predicted molar refractivity (Wildman–Crippen MR) is 88.3 cm³/mol. The zero-order valence-electron chi connectivity index (χ0n) is 12.8. The van der Waals surface area contributed by atoms with E-state index in [1.165, 1.54) is 0 Å². The lowest BCUT2D eigenvalue weighted by molar-refractivity contribution is 0.0230. The Morgan fingerprint density at radius 2 is 1.64 bits per heavy atom. The lowest BCUT2D eigenvalue weighted by atomic mass is 10.0. The van der Waals surface area contributed by atoms with Gasteiger partial charge in [0, 0.05) is 6.54 Å². The van der Waals surface area contributed by atoms with E-state index in [9.17, 15) is 10.2 Å². The normalized spacial score (nSPS) is 13.4. The number of nitrogens with one attached hydrogen (secondary N) is 1. The van der Waals surface area contributed by atoms with Crippen molar-refractivity contribution in [3.8, 4) is 5.75 Å². The van der Waals surface area contributed by atoms with Gasteiger partial charge >= 0.3 is 0 Å². The predicted octanol–water partition coefficient (Wildman–Crippen LogP) is 2.46. The second-order valence-electron chi connectivity index (χ2n) is 5.24. The molecular weight excluding hydrogens is 278 g/mol. The Kier molecular flexibility index (Phi) is 6.25. The first-order valence-electron chi connectivity index (χ1n) is 7.47. The van der Waals surface area contributed by atoms with Gasteiger partial charge in [0.1, 0.15) is 5.75 Å². The van der Waals surface area contributed by atoms with E-state index >= 15 is 0 Å². The van der Waals surface area contributed by atoms with Gasteiger partial charge < -0.3 is 20.3 Å². The Balaban J connectivity index is 1.80. The van der Waals surface area contributed by atoms with Crippen LogP contribution in [0.1, 0.15) is 12.0 Å². The van der Waals surface area contributed by atoms with Gasteiger partial charge in [-0.2, -0.15) is 0 Å². The van der Waals surface area contributed by atoms with Crippen molar-refractivity contribution in [2.24, 2.45) is 0 Å². The van der Waals surface area contributed by atoms with E-state index in [0.29, 0.717) is 12.2 Å². The average molecular weight is 301 g/mol. The molecule has 0 aliphatic heterocycles. The largest absolute Gasteiger partial charge is 0.495 e. The van der Waals surface area contributed by atoms with Gasteiger partial charge in [-0.25, -0.2) is 0 Å². The highest BCUT2D eigenvalue weighted by molar-refractivity contribution is 5.56. The molecule has 0 aromatic heterocycles. The second kappa shape index (κ2) is 8.41. The molecule has 0 bridgehead atoms. The van der Waals surface area contributed by atoms with E-state index in [1.54, 1.807) is 7.11 Å². The van der Waals surface area contributed by atoms with Gasteiger partial charge in [-0.3, -0.25) is 0 Å². The van der Waals surface area contributed by atoms with Gasteiger partial charge in [0.25, 0.3) is 0 Å². The van der Waals surface area contributed by atoms with E-state index < -0.39 is 12.2 Å². The van der Waals surface area contributed by atoms with Crippen LogP contribution in [-0.4, -0.2) is 36.1 Å². The zero-order valence-corrected chi connectivity index (χ0v) is 12.8. The Labute approximate surface area is 131 Å². The van der Waals surface area contributed by atoms with Crippen molar-refractivity contribution in [1.29, 1.82) is 0 Å². The van der Waals surface area contributed by atoms with E-state index in [4.69, 9.17) is 4.74 Å². The van der Waals surface area contributed by atoms with Crippen LogP contribution in [0.25, 0.3) is 0 Å². The van der Waals surface area contributed by atoms with Gasteiger partial charge in [-0.1, -0.05) is 42.5 Å². The monoisotopic (exact) mass is 301 g/mol. The third kappa shape index (κ3) is 4.76. The third-order valence-electron chi connectivity index (χ3n) is 3.62. The zero-order chi connectivity index (χ0) is 15.8. The van der Waals surface area contributed by atoms with Crippen LogP contribution in [0.4, 0.5) is 5.69 Å². The molecule has 3 N–H and O–H groups in total. The molecule has 0 saturated heterocycles. The number of aliphatic hydroxyl groups is 2. The molecule has 0 radical (unpaired) electrons. The standard InChI is InChI=1S/C18H23NO3/c1-22-18-10-6-5-9-15(18)19-13-17(21)16(20)12-11-14-7-3-2-4-8-14/h2-10,16-17,19-21H,11-13H2,1H3/t16-,17-/m0/s1. The number of rotatable bonds is 8. The Bertz CT molecular complexity index is 559. The fraction of sp³-hybridized carbons (Fsp3) is 0.333. The smallest absolute Gasteiger partial charge is 0.141 e. The molecule has 2 rings (SSSR count). The highest BCUT2D eigenvalue weighted by Gasteiger charge is 2.16. The Hall–Kier alpha value is -2.04. The lowest BCUT2D eigenvalue weighted by Gasteiger charge is -2.19. The molecule has 4 heteroatoms. The van der Waals surface area contributed by atoms with Crippen molar-refractivity contribution in [2.75, 3.05) is 19.0 Å². The number of hydrogen-bond donors (Lipinski definition) is 3. The van der Waals surface area contributed by atoms with Gasteiger partial charge in [0.05, 0.1) is 25.0 Å². The first-order valence-corrected chi connectivity index (χ1v) is 7.47. The number of methoxy groups -OCH3 is 1. The molecule has 118 valence electrons. The summed E-state index contributed by atoms with van der Waals surface area (Å²) in [5, 5.41) is 23.2. The van der Waals surface area contributed by atoms with Gasteiger partial charge in [-0.15, -0.1) is 0 Å². The Morgan fingerprint density at radius 1 is 0.955 bits per heavy atom. The summed E-state index contributed by atoms with van der Waals surface area (Å²) in [6.45, 7) is 0.274. The lowest BCUT2D eigenvalue weighted by Crippen LogP contribution is -2.33. The summed E-state index contributed by atoms with van der Waals surface area (Å²) in [6, 6.07) is 17.5. The number of para-hydroxylation sites is 2. The maximum atomic E-state index is 10.1. The number of aliphatic hydroxyl groups excluding tert-OH is 2. The van der Waals surface area contributed by atoms with Crippen LogP contribution in [0.2, 0.25) is 0 Å². The first kappa shape index (κ1) is 16.3. The second-order valence-corrected chi connectivity index (χ2v) is 5.24. The number of aryl methyl sites for hydroxylation is 1. The summed E-state index contributed by atoms with van der Waals surface area (Å²) in [5.74, 6) is 0.716. The van der Waals surface area contributed by atoms with Crippen molar-refractivity contribution in [2.45, 2.75) is 25.0 Å². The molecule has 0 unspecified atom stereocenters. The minimum Gasteiger partial charge on any atom is -0.495 e. The van der Waals surface area contributed by atoms with Gasteiger partial charge in [0.2, 0.25) is 0 Å². The third-order valence-corrected chi connectivity index (χ3v) is 3.62. The van der Waals surface area contributed by atoms with Gasteiger partial charge in [-0.05, 0) is 30.5 Å². The molecule has 0 saturated carbocycles. The summed E-state index contributed by atoms with van der Waals surface area (Å²) in [6.07, 6.45) is -0.317. The maximum absolute atomic E-state index is 10.1. The summed E-state index contributed by atoms with van der Waals surface area (Å²) < 4.78 is 5.24. The van der Waals surface area contributed by atoms with E-state index in [2.05, 4.69) is 5.32 Å². The highest BCUT2D eigenvalue weighted by atomic mass is 16.5. The summed E-state index contributed by atoms with van der Waals surface area (Å²) in [5.41, 5.74) is 1.96. The molecule has 4 nitrogen and oxygen atoms in total. The van der Waals surface area contributed by atoms with E-state index in [-0.39, 0.29) is 6.54 Å². The van der Waals surface area contributed by atoms with E-state index in [1.807, 2.05) is 54.6 Å². The maximum Gasteiger partial charge on any atom is 0.141 e. The van der Waals surface area contributed by atoms with Crippen molar-refractivity contribution in [3.63, 3.8) is 0 Å². The molecule has 0 fully saturated rings. The molecule has 0 heterocycles. The van der Waals surface area contributed by atoms with Crippen molar-refractivity contribution < 1.29 is 14.9 Å². The van der Waals surface area contributed by atoms with Crippen LogP contribution in [0.15, 0.2) is 54.6 Å². The molecule has 2 aromatic rings. The van der Waals surface area contributed by atoms with Crippen molar-refractivity contribution in [1.82, 2.24) is 0 Å². The van der Waals surface area contributed by atoms with Gasteiger partial charge in [0.15, 0.2) is 0 Å². The van der Waals surface area contributed by atoms with Crippen molar-refractivity contribution >= 4 is 5.69 Å². The fourth-order valence-electron chi connectivity index (χ4n) is 2.29. The molecule has 2 atom stereocenters. The summed E-state index contributed by atoms with van der Waals surface area (Å²) in [4.78, 5) is 0. The molecule has 0 spiro atoms. The average Bonchev–Trinajstić information content (AvgIpc) is 2.58. The number of anilines is 1. The number of hydrogen-bond acceptors (Lipinski definition) is 4. The molecular formula is C18H23NO3. The van der Waals surface area contributed by atoms with Crippen LogP contribution in [-0.2, 0) is 6.42 Å². The van der Waals surface area contributed by atoms with Crippen LogP contribution >= 0.6 is 0 Å². The fourth-order valence-corrected chi connectivity index (χ4v) is 2.29. The topological polar surface area (TPSA) is 61.7 Å². The molecule has 22 heavy (non-hydrogen) atoms. The quantitative estimate of drug-likeness (QED) is 0.701. The number of benzene rings is 2. The SMILES string of the molecule is COc1ccccc1NC[C@H](O)[C@@H](O)CCc1ccccc1. The van der Waals surface area contributed by atoms with Crippen molar-refractivity contribution in [3.05, 3.63) is 60.2 Å². The van der Waals surface area contributed by atoms with Crippen LogP contribution in [0.3, 0.4) is 0 Å². The summed E-state index contributed by atoms with van der Waals surface area (Å²) in [7, 11) is 1.60. The van der Waals surface area contributed by atoms with Crippen LogP contribution < -0.4 is 10.1 Å². The van der Waals surface area contributed by atoms with Crippen LogP contribution in [0, 0.1) is 0 Å².